The summed E-state index contributed by atoms with van der Waals surface area (Å²) >= 11 is 0. The molecule has 0 radical (unpaired) electrons. The highest BCUT2D eigenvalue weighted by molar-refractivity contribution is 5.16. The van der Waals surface area contributed by atoms with E-state index in [2.05, 4.69) is 48.9 Å². The SMILES string of the molecule is CN1CCN(CC(C)(C)OC2=CCCC=C2)CC1. The van der Waals surface area contributed by atoms with Crippen LogP contribution in [0, 0.1) is 0 Å². The predicted octanol–water partition coefficient (Wildman–Crippen LogP) is 2.26. The van der Waals surface area contributed by atoms with E-state index in [-0.39, 0.29) is 5.60 Å². The summed E-state index contributed by atoms with van der Waals surface area (Å²) in [5.74, 6) is 1.04. The van der Waals surface area contributed by atoms with Crippen LogP contribution in [0.3, 0.4) is 0 Å². The van der Waals surface area contributed by atoms with E-state index >= 15 is 0 Å². The number of ether oxygens (including phenoxy) is 1. The molecule has 0 atom stereocenters. The number of hydrogen-bond acceptors (Lipinski definition) is 3. The van der Waals surface area contributed by atoms with Gasteiger partial charge >= 0.3 is 0 Å². The van der Waals surface area contributed by atoms with E-state index in [0.29, 0.717) is 0 Å². The van der Waals surface area contributed by atoms with Gasteiger partial charge in [0.25, 0.3) is 0 Å². The van der Waals surface area contributed by atoms with Crippen molar-refractivity contribution in [3.05, 3.63) is 24.0 Å². The third kappa shape index (κ3) is 4.14. The third-order valence-electron chi connectivity index (χ3n) is 3.56. The Bertz CT molecular complexity index is 325. The lowest BCUT2D eigenvalue weighted by Crippen LogP contribution is -2.49. The van der Waals surface area contributed by atoms with Crippen molar-refractivity contribution >= 4 is 0 Å². The second-order valence-corrected chi connectivity index (χ2v) is 6.03. The predicted molar refractivity (Wildman–Crippen MR) is 75.6 cm³/mol. The van der Waals surface area contributed by atoms with Gasteiger partial charge in [-0.05, 0) is 45.9 Å². The zero-order valence-corrected chi connectivity index (χ0v) is 12.0. The van der Waals surface area contributed by atoms with Crippen molar-refractivity contribution < 1.29 is 4.74 Å². The highest BCUT2D eigenvalue weighted by atomic mass is 16.5. The maximum Gasteiger partial charge on any atom is 0.116 e. The number of hydrogen-bond donors (Lipinski definition) is 0. The molecular weight excluding hydrogens is 224 g/mol. The van der Waals surface area contributed by atoms with Crippen LogP contribution in [0.5, 0.6) is 0 Å². The molecule has 102 valence electrons. The first-order chi connectivity index (χ1) is 8.55. The Balaban J connectivity index is 1.83. The molecule has 0 amide bonds. The lowest BCUT2D eigenvalue weighted by molar-refractivity contribution is -0.00299. The maximum atomic E-state index is 6.13. The number of piperazine rings is 1. The first kappa shape index (κ1) is 13.6. The second-order valence-electron chi connectivity index (χ2n) is 6.03. The molecule has 3 nitrogen and oxygen atoms in total. The van der Waals surface area contributed by atoms with Crippen molar-refractivity contribution in [3.8, 4) is 0 Å². The van der Waals surface area contributed by atoms with Crippen LogP contribution in [0.15, 0.2) is 24.0 Å². The zero-order chi connectivity index (χ0) is 13.0. The van der Waals surface area contributed by atoms with E-state index < -0.39 is 0 Å². The molecule has 3 heteroatoms. The fraction of sp³-hybridized carbons (Fsp3) is 0.733. The molecule has 1 saturated heterocycles. The normalized spacial score (nSPS) is 22.9. The Hall–Kier alpha value is -0.800. The van der Waals surface area contributed by atoms with Gasteiger partial charge in [0.2, 0.25) is 0 Å². The molecule has 0 aromatic heterocycles. The van der Waals surface area contributed by atoms with Crippen LogP contribution in [-0.2, 0) is 4.74 Å². The van der Waals surface area contributed by atoms with Crippen molar-refractivity contribution in [3.63, 3.8) is 0 Å². The monoisotopic (exact) mass is 250 g/mol. The van der Waals surface area contributed by atoms with Gasteiger partial charge in [0.1, 0.15) is 11.4 Å². The molecule has 0 N–H and O–H groups in total. The molecule has 0 aromatic carbocycles. The lowest BCUT2D eigenvalue weighted by atomic mass is 10.1. The van der Waals surface area contributed by atoms with Crippen LogP contribution in [0.4, 0.5) is 0 Å². The van der Waals surface area contributed by atoms with Crippen molar-refractivity contribution in [2.45, 2.75) is 32.3 Å². The van der Waals surface area contributed by atoms with Gasteiger partial charge in [-0.1, -0.05) is 6.08 Å². The quantitative estimate of drug-likeness (QED) is 0.761. The molecule has 1 aliphatic carbocycles. The summed E-state index contributed by atoms with van der Waals surface area (Å²) in [5, 5.41) is 0. The first-order valence-electron chi connectivity index (χ1n) is 7.02. The zero-order valence-electron chi connectivity index (χ0n) is 12.0. The first-order valence-corrected chi connectivity index (χ1v) is 7.02. The Kier molecular flexibility index (Phi) is 4.46. The summed E-state index contributed by atoms with van der Waals surface area (Å²) in [6.45, 7) is 10.0. The Labute approximate surface area is 111 Å². The fourth-order valence-electron chi connectivity index (χ4n) is 2.56. The van der Waals surface area contributed by atoms with Crippen LogP contribution in [0.25, 0.3) is 0 Å². The lowest BCUT2D eigenvalue weighted by Gasteiger charge is -2.38. The molecule has 2 rings (SSSR count). The topological polar surface area (TPSA) is 15.7 Å². The van der Waals surface area contributed by atoms with E-state index in [1.165, 1.54) is 13.1 Å². The van der Waals surface area contributed by atoms with Crippen molar-refractivity contribution in [1.82, 2.24) is 9.80 Å². The molecule has 1 heterocycles. The molecule has 18 heavy (non-hydrogen) atoms. The molecule has 0 saturated carbocycles. The largest absolute Gasteiger partial charge is 0.487 e. The minimum absolute atomic E-state index is 0.108. The Morgan fingerprint density at radius 1 is 1.17 bits per heavy atom. The van der Waals surface area contributed by atoms with Crippen LogP contribution < -0.4 is 0 Å². The molecule has 1 fully saturated rings. The van der Waals surface area contributed by atoms with Crippen molar-refractivity contribution in [1.29, 1.82) is 0 Å². The summed E-state index contributed by atoms with van der Waals surface area (Å²) in [4.78, 5) is 4.89. The van der Waals surface area contributed by atoms with E-state index in [0.717, 1.165) is 38.2 Å². The Morgan fingerprint density at radius 3 is 2.50 bits per heavy atom. The maximum absolute atomic E-state index is 6.13. The van der Waals surface area contributed by atoms with Gasteiger partial charge in [0, 0.05) is 32.7 Å². The standard InChI is InChI=1S/C15H26N2O/c1-15(2,18-14-7-5-4-6-8-14)13-17-11-9-16(3)10-12-17/h5,7-8H,4,6,9-13H2,1-3H3. The molecule has 0 bridgehead atoms. The molecular formula is C15H26N2O. The van der Waals surface area contributed by atoms with Gasteiger partial charge in [-0.3, -0.25) is 4.90 Å². The number of allylic oxidation sites excluding steroid dienone is 3. The van der Waals surface area contributed by atoms with Crippen molar-refractivity contribution in [2.75, 3.05) is 39.8 Å². The minimum Gasteiger partial charge on any atom is -0.487 e. The summed E-state index contributed by atoms with van der Waals surface area (Å²) in [6.07, 6.45) is 8.75. The summed E-state index contributed by atoms with van der Waals surface area (Å²) < 4.78 is 6.13. The average molecular weight is 250 g/mol. The van der Waals surface area contributed by atoms with Gasteiger partial charge in [-0.25, -0.2) is 0 Å². The Morgan fingerprint density at radius 2 is 1.89 bits per heavy atom. The molecule has 0 unspecified atom stereocenters. The van der Waals surface area contributed by atoms with Crippen molar-refractivity contribution in [2.24, 2.45) is 0 Å². The minimum atomic E-state index is -0.108. The van der Waals surface area contributed by atoms with Crippen LogP contribution in [0.2, 0.25) is 0 Å². The van der Waals surface area contributed by atoms with Gasteiger partial charge < -0.3 is 9.64 Å². The average Bonchev–Trinajstić information content (AvgIpc) is 2.32. The van der Waals surface area contributed by atoms with E-state index in [9.17, 15) is 0 Å². The molecule has 0 spiro atoms. The van der Waals surface area contributed by atoms with E-state index in [1.807, 2.05) is 0 Å². The number of nitrogens with zero attached hydrogens (tertiary/aromatic N) is 2. The second kappa shape index (κ2) is 5.89. The van der Waals surface area contributed by atoms with Gasteiger partial charge in [-0.2, -0.15) is 0 Å². The van der Waals surface area contributed by atoms with Gasteiger partial charge in [0.15, 0.2) is 0 Å². The van der Waals surface area contributed by atoms with E-state index in [1.54, 1.807) is 0 Å². The highest BCUT2D eigenvalue weighted by Crippen LogP contribution is 2.21. The molecule has 0 aromatic rings. The van der Waals surface area contributed by atoms with Crippen LogP contribution >= 0.6 is 0 Å². The smallest absolute Gasteiger partial charge is 0.116 e. The van der Waals surface area contributed by atoms with Gasteiger partial charge in [-0.15, -0.1) is 0 Å². The van der Waals surface area contributed by atoms with Crippen LogP contribution in [0.1, 0.15) is 26.7 Å². The molecule has 1 aliphatic heterocycles. The number of rotatable bonds is 4. The van der Waals surface area contributed by atoms with Gasteiger partial charge in [0.05, 0.1) is 0 Å². The summed E-state index contributed by atoms with van der Waals surface area (Å²) in [5.41, 5.74) is -0.108. The highest BCUT2D eigenvalue weighted by Gasteiger charge is 2.26. The summed E-state index contributed by atoms with van der Waals surface area (Å²) in [6, 6.07) is 0. The summed E-state index contributed by atoms with van der Waals surface area (Å²) in [7, 11) is 2.19. The number of likely N-dealkylation sites (N-methyl/N-ethyl adjacent to an activating group) is 1. The third-order valence-corrected chi connectivity index (χ3v) is 3.56. The molecule has 2 aliphatic rings. The van der Waals surface area contributed by atoms with Crippen LogP contribution in [-0.4, -0.2) is 55.2 Å². The fourth-order valence-corrected chi connectivity index (χ4v) is 2.56. The van der Waals surface area contributed by atoms with E-state index in [4.69, 9.17) is 4.74 Å².